The number of nitrogens with zero attached hydrogens (tertiary/aromatic N) is 3. The topological polar surface area (TPSA) is 104 Å². The molecule has 39 heavy (non-hydrogen) atoms. The van der Waals surface area contributed by atoms with Crippen LogP contribution in [0.1, 0.15) is 24.9 Å². The highest BCUT2D eigenvalue weighted by atomic mass is 35.5. The van der Waals surface area contributed by atoms with Crippen LogP contribution in [0.25, 0.3) is 10.9 Å². The summed E-state index contributed by atoms with van der Waals surface area (Å²) in [5.74, 6) is -0.246. The smallest absolute Gasteiger partial charge is 0.243 e. The van der Waals surface area contributed by atoms with E-state index in [9.17, 15) is 13.2 Å². The van der Waals surface area contributed by atoms with E-state index in [1.807, 2.05) is 12.1 Å². The molecule has 1 unspecified atom stereocenters. The Hall–Kier alpha value is -3.21. The zero-order chi connectivity index (χ0) is 27.7. The normalized spacial score (nSPS) is 15.4. The van der Waals surface area contributed by atoms with Gasteiger partial charge >= 0.3 is 0 Å². The lowest BCUT2D eigenvalue weighted by Crippen LogP contribution is -2.29. The largest absolute Gasteiger partial charge is 0.325 e. The molecule has 0 aliphatic carbocycles. The van der Waals surface area contributed by atoms with Gasteiger partial charge < -0.3 is 5.32 Å². The van der Waals surface area contributed by atoms with Crippen LogP contribution in [-0.2, 0) is 14.8 Å². The minimum atomic E-state index is -3.95. The number of hydrogen-bond donors (Lipinski definition) is 2. The maximum absolute atomic E-state index is 13.4. The van der Waals surface area contributed by atoms with E-state index < -0.39 is 10.0 Å². The first kappa shape index (κ1) is 27.4. The van der Waals surface area contributed by atoms with Crippen molar-refractivity contribution in [3.05, 3.63) is 93.6 Å². The maximum atomic E-state index is 13.4. The molecule has 2 N–H and O–H groups in total. The fourth-order valence-corrected chi connectivity index (χ4v) is 6.21. The first-order valence-corrected chi connectivity index (χ1v) is 14.4. The van der Waals surface area contributed by atoms with Crippen molar-refractivity contribution in [2.45, 2.75) is 24.3 Å². The third-order valence-corrected chi connectivity index (χ3v) is 8.36. The minimum Gasteiger partial charge on any atom is -0.325 e. The molecule has 0 fully saturated rings. The van der Waals surface area contributed by atoms with E-state index in [4.69, 9.17) is 39.9 Å². The molecule has 0 saturated carbocycles. The summed E-state index contributed by atoms with van der Waals surface area (Å²) in [7, 11) is -3.95. The molecule has 3 aromatic carbocycles. The van der Waals surface area contributed by atoms with Crippen LogP contribution in [0.2, 0.25) is 15.1 Å². The zero-order valence-electron chi connectivity index (χ0n) is 20.5. The van der Waals surface area contributed by atoms with Crippen molar-refractivity contribution in [3.8, 4) is 0 Å². The number of aromatic nitrogens is 1. The molecule has 1 aromatic heterocycles. The Morgan fingerprint density at radius 3 is 2.49 bits per heavy atom. The van der Waals surface area contributed by atoms with E-state index in [1.165, 1.54) is 19.2 Å². The van der Waals surface area contributed by atoms with Gasteiger partial charge in [0.25, 0.3) is 0 Å². The number of sulfonamides is 1. The number of carbonyl (C=O) groups excluding carboxylic acids is 1. The van der Waals surface area contributed by atoms with Crippen molar-refractivity contribution in [3.63, 3.8) is 0 Å². The monoisotopic (exact) mass is 601 g/mol. The number of rotatable bonds is 7. The lowest BCUT2D eigenvalue weighted by molar-refractivity contribution is -0.114. The average Bonchev–Trinajstić information content (AvgIpc) is 3.31. The Balaban J connectivity index is 1.42. The van der Waals surface area contributed by atoms with Crippen LogP contribution in [0, 0.1) is 0 Å². The lowest BCUT2D eigenvalue weighted by atomic mass is 10.0. The molecule has 8 nitrogen and oxygen atoms in total. The van der Waals surface area contributed by atoms with Crippen LogP contribution in [-0.4, -0.2) is 31.6 Å². The Labute approximate surface area is 240 Å². The molecule has 1 aliphatic heterocycles. The van der Waals surface area contributed by atoms with Gasteiger partial charge in [0.05, 0.1) is 46.4 Å². The van der Waals surface area contributed by atoms with Gasteiger partial charge in [-0.25, -0.2) is 13.1 Å². The van der Waals surface area contributed by atoms with Gasteiger partial charge in [-0.3, -0.25) is 14.8 Å². The summed E-state index contributed by atoms with van der Waals surface area (Å²) in [6.45, 7) is 1.37. The van der Waals surface area contributed by atoms with E-state index in [0.717, 1.165) is 5.56 Å². The van der Waals surface area contributed by atoms with Gasteiger partial charge in [0.15, 0.2) is 0 Å². The number of anilines is 2. The molecule has 1 amide bonds. The number of fused-ring (bicyclic) bond motifs is 1. The number of halogens is 3. The first-order valence-electron chi connectivity index (χ1n) is 11.8. The molecular formula is C27H22Cl3N5O3S. The van der Waals surface area contributed by atoms with E-state index >= 15 is 0 Å². The number of carbonyl (C=O) groups is 1. The fraction of sp³-hybridized carbons (Fsp3) is 0.148. The summed E-state index contributed by atoms with van der Waals surface area (Å²) in [4.78, 5) is 15.7. The molecule has 2 heterocycles. The Kier molecular flexibility index (Phi) is 7.80. The third-order valence-electron chi connectivity index (χ3n) is 6.13. The second kappa shape index (κ2) is 11.1. The molecule has 0 saturated heterocycles. The highest BCUT2D eigenvalue weighted by Crippen LogP contribution is 2.40. The Morgan fingerprint density at radius 1 is 1.03 bits per heavy atom. The first-order chi connectivity index (χ1) is 18.6. The molecule has 5 rings (SSSR count). The molecule has 1 atom stereocenters. The van der Waals surface area contributed by atoms with E-state index in [0.29, 0.717) is 49.5 Å². The summed E-state index contributed by atoms with van der Waals surface area (Å²) in [6.07, 6.45) is 1.88. The van der Waals surface area contributed by atoms with Crippen LogP contribution >= 0.6 is 34.8 Å². The van der Waals surface area contributed by atoms with Crippen molar-refractivity contribution in [2.75, 3.05) is 16.9 Å². The van der Waals surface area contributed by atoms with Crippen molar-refractivity contribution >= 4 is 78.7 Å². The van der Waals surface area contributed by atoms with Gasteiger partial charge in [0.1, 0.15) is 4.90 Å². The zero-order valence-corrected chi connectivity index (χ0v) is 23.6. The predicted molar refractivity (Wildman–Crippen MR) is 156 cm³/mol. The van der Waals surface area contributed by atoms with Crippen LogP contribution < -0.4 is 15.0 Å². The second-order valence-electron chi connectivity index (χ2n) is 8.94. The van der Waals surface area contributed by atoms with Gasteiger partial charge in [-0.1, -0.05) is 59.1 Å². The molecule has 0 radical (unpaired) electrons. The minimum absolute atomic E-state index is 0.0194. The standard InChI is InChI=1S/C27H22Cl3N5O3S/c1-16(36)33-21-11-18-3-2-4-26(27(18)31-14-21)39(37,38)32-15-22-13-25(17-5-7-19(28)8-6-17)35(34-22)24-10-9-20(29)12-23(24)30/h2-12,14,25,32H,13,15H2,1H3,(H,33,36). The fourth-order valence-electron chi connectivity index (χ4n) is 4.39. The van der Waals surface area contributed by atoms with Gasteiger partial charge in [0.2, 0.25) is 15.9 Å². The highest BCUT2D eigenvalue weighted by Gasteiger charge is 2.31. The summed E-state index contributed by atoms with van der Waals surface area (Å²) in [6, 6.07) is 18.8. The van der Waals surface area contributed by atoms with E-state index in [-0.39, 0.29) is 23.4 Å². The van der Waals surface area contributed by atoms with E-state index in [1.54, 1.807) is 53.5 Å². The molecule has 0 spiro atoms. The molecule has 12 heteroatoms. The summed E-state index contributed by atoms with van der Waals surface area (Å²) >= 11 is 18.7. The van der Waals surface area contributed by atoms with Crippen molar-refractivity contribution in [2.24, 2.45) is 5.10 Å². The Bertz CT molecular complexity index is 1710. The predicted octanol–water partition coefficient (Wildman–Crippen LogP) is 6.44. The van der Waals surface area contributed by atoms with Crippen molar-refractivity contribution in [1.29, 1.82) is 0 Å². The number of amides is 1. The van der Waals surface area contributed by atoms with Gasteiger partial charge in [0, 0.05) is 28.8 Å². The maximum Gasteiger partial charge on any atom is 0.243 e. The number of pyridine rings is 1. The lowest BCUT2D eigenvalue weighted by Gasteiger charge is -2.25. The number of benzene rings is 3. The van der Waals surface area contributed by atoms with Crippen molar-refractivity contribution in [1.82, 2.24) is 9.71 Å². The summed E-state index contributed by atoms with van der Waals surface area (Å²) in [5, 5.41) is 11.3. The summed E-state index contributed by atoms with van der Waals surface area (Å²) < 4.78 is 29.4. The van der Waals surface area contributed by atoms with Crippen molar-refractivity contribution < 1.29 is 13.2 Å². The van der Waals surface area contributed by atoms with E-state index in [2.05, 4.69) is 15.0 Å². The number of nitrogens with one attached hydrogen (secondary N) is 2. The number of hydrazone groups is 1. The summed E-state index contributed by atoms with van der Waals surface area (Å²) in [5.41, 5.74) is 2.98. The van der Waals surface area contributed by atoms with Gasteiger partial charge in [-0.2, -0.15) is 5.10 Å². The van der Waals surface area contributed by atoms with Crippen LogP contribution in [0.4, 0.5) is 11.4 Å². The molecule has 1 aliphatic rings. The molecule has 0 bridgehead atoms. The third kappa shape index (κ3) is 6.03. The quantitative estimate of drug-likeness (QED) is 0.253. The second-order valence-corrected chi connectivity index (χ2v) is 12.0. The van der Waals surface area contributed by atoms with Crippen LogP contribution in [0.3, 0.4) is 0 Å². The number of hydrogen-bond acceptors (Lipinski definition) is 6. The van der Waals surface area contributed by atoms with Crippen LogP contribution in [0.5, 0.6) is 0 Å². The van der Waals surface area contributed by atoms with Crippen LogP contribution in [0.15, 0.2) is 82.9 Å². The molecular weight excluding hydrogens is 581 g/mol. The molecule has 4 aromatic rings. The van der Waals surface area contributed by atoms with Gasteiger partial charge in [-0.15, -0.1) is 0 Å². The van der Waals surface area contributed by atoms with Gasteiger partial charge in [-0.05, 0) is 48.0 Å². The average molecular weight is 603 g/mol. The molecule has 200 valence electrons. The highest BCUT2D eigenvalue weighted by molar-refractivity contribution is 7.89. The number of para-hydroxylation sites is 1. The Morgan fingerprint density at radius 2 is 1.77 bits per heavy atom. The SMILES string of the molecule is CC(=O)Nc1cnc2c(S(=O)(=O)NCC3=NN(c4ccc(Cl)cc4Cl)C(c4ccc(Cl)cc4)C3)cccc2c1.